The lowest BCUT2D eigenvalue weighted by Crippen LogP contribution is -2.25. The molecule has 0 radical (unpaired) electrons. The van der Waals surface area contributed by atoms with E-state index >= 15 is 0 Å². The molecule has 1 aromatic carbocycles. The van der Waals surface area contributed by atoms with Crippen LogP contribution >= 0.6 is 22.9 Å². The number of pyridine rings is 1. The van der Waals surface area contributed by atoms with Crippen molar-refractivity contribution in [3.8, 4) is 0 Å². The van der Waals surface area contributed by atoms with Gasteiger partial charge in [0.05, 0.1) is 5.69 Å². The third-order valence-electron chi connectivity index (χ3n) is 3.23. The SMILES string of the molecule is CC(C)N(c1ccncc1)c1csc2cc(Cl)ccc12. The Morgan fingerprint density at radius 1 is 1.15 bits per heavy atom. The zero-order valence-corrected chi connectivity index (χ0v) is 12.9. The summed E-state index contributed by atoms with van der Waals surface area (Å²) in [7, 11) is 0. The van der Waals surface area contributed by atoms with Gasteiger partial charge in [0, 0.05) is 44.6 Å². The number of anilines is 2. The van der Waals surface area contributed by atoms with Gasteiger partial charge < -0.3 is 4.90 Å². The highest BCUT2D eigenvalue weighted by molar-refractivity contribution is 7.17. The minimum atomic E-state index is 0.367. The van der Waals surface area contributed by atoms with E-state index in [1.54, 1.807) is 11.3 Å². The third-order valence-corrected chi connectivity index (χ3v) is 4.40. The highest BCUT2D eigenvalue weighted by Crippen LogP contribution is 2.38. The van der Waals surface area contributed by atoms with Gasteiger partial charge in [0.15, 0.2) is 0 Å². The molecule has 2 aromatic heterocycles. The minimum absolute atomic E-state index is 0.367. The summed E-state index contributed by atoms with van der Waals surface area (Å²) in [4.78, 5) is 6.43. The molecule has 0 saturated carbocycles. The molecule has 0 fully saturated rings. The van der Waals surface area contributed by atoms with Gasteiger partial charge in [0.2, 0.25) is 0 Å². The molecule has 0 aliphatic heterocycles. The zero-order chi connectivity index (χ0) is 14.1. The second-order valence-corrected chi connectivity index (χ2v) is 6.28. The summed E-state index contributed by atoms with van der Waals surface area (Å²) in [6.07, 6.45) is 3.66. The summed E-state index contributed by atoms with van der Waals surface area (Å²) in [6.45, 7) is 4.39. The van der Waals surface area contributed by atoms with E-state index in [1.807, 2.05) is 36.7 Å². The quantitative estimate of drug-likeness (QED) is 0.635. The Bertz CT molecular complexity index is 722. The fraction of sp³-hybridized carbons (Fsp3) is 0.188. The fourth-order valence-electron chi connectivity index (χ4n) is 2.39. The number of rotatable bonds is 3. The Kier molecular flexibility index (Phi) is 3.64. The van der Waals surface area contributed by atoms with Crippen LogP contribution in [0, 0.1) is 0 Å². The molecular weight excluding hydrogens is 288 g/mol. The van der Waals surface area contributed by atoms with Crippen molar-refractivity contribution in [3.05, 3.63) is 53.1 Å². The smallest absolute Gasteiger partial charge is 0.0601 e. The van der Waals surface area contributed by atoms with Gasteiger partial charge >= 0.3 is 0 Å². The molecule has 20 heavy (non-hydrogen) atoms. The minimum Gasteiger partial charge on any atom is -0.338 e. The normalized spacial score (nSPS) is 11.2. The van der Waals surface area contributed by atoms with Crippen LogP contribution in [-0.2, 0) is 0 Å². The van der Waals surface area contributed by atoms with Gasteiger partial charge in [0.1, 0.15) is 0 Å². The van der Waals surface area contributed by atoms with E-state index in [-0.39, 0.29) is 0 Å². The molecule has 0 aliphatic rings. The van der Waals surface area contributed by atoms with Gasteiger partial charge in [-0.3, -0.25) is 4.98 Å². The van der Waals surface area contributed by atoms with E-state index in [4.69, 9.17) is 11.6 Å². The molecule has 0 amide bonds. The molecule has 0 N–H and O–H groups in total. The maximum atomic E-state index is 6.07. The summed E-state index contributed by atoms with van der Waals surface area (Å²) in [5, 5.41) is 4.22. The van der Waals surface area contributed by atoms with E-state index in [1.165, 1.54) is 15.8 Å². The highest BCUT2D eigenvalue weighted by Gasteiger charge is 2.17. The van der Waals surface area contributed by atoms with E-state index in [0.717, 1.165) is 10.7 Å². The first kappa shape index (κ1) is 13.4. The summed E-state index contributed by atoms with van der Waals surface area (Å²) in [5.41, 5.74) is 2.38. The maximum Gasteiger partial charge on any atom is 0.0601 e. The van der Waals surface area contributed by atoms with Gasteiger partial charge in [-0.1, -0.05) is 11.6 Å². The van der Waals surface area contributed by atoms with Crippen molar-refractivity contribution in [1.29, 1.82) is 0 Å². The molecule has 0 unspecified atom stereocenters. The van der Waals surface area contributed by atoms with Crippen LogP contribution < -0.4 is 4.90 Å². The topological polar surface area (TPSA) is 16.1 Å². The molecule has 0 spiro atoms. The van der Waals surface area contributed by atoms with Crippen molar-refractivity contribution in [2.45, 2.75) is 19.9 Å². The van der Waals surface area contributed by atoms with Crippen molar-refractivity contribution in [2.24, 2.45) is 0 Å². The van der Waals surface area contributed by atoms with Crippen molar-refractivity contribution >= 4 is 44.4 Å². The van der Waals surface area contributed by atoms with Gasteiger partial charge in [-0.2, -0.15) is 0 Å². The van der Waals surface area contributed by atoms with Crippen molar-refractivity contribution < 1.29 is 0 Å². The molecule has 0 atom stereocenters. The van der Waals surface area contributed by atoms with Crippen molar-refractivity contribution in [1.82, 2.24) is 4.98 Å². The number of nitrogens with zero attached hydrogens (tertiary/aromatic N) is 2. The van der Waals surface area contributed by atoms with E-state index < -0.39 is 0 Å². The third kappa shape index (κ3) is 2.39. The Balaban J connectivity index is 2.16. The molecule has 102 valence electrons. The molecule has 0 saturated heterocycles. The first-order valence-corrected chi connectivity index (χ1v) is 7.78. The molecular formula is C16H15ClN2S. The first-order valence-electron chi connectivity index (χ1n) is 6.53. The monoisotopic (exact) mass is 302 g/mol. The summed E-state index contributed by atoms with van der Waals surface area (Å²) in [6, 6.07) is 10.5. The van der Waals surface area contributed by atoms with Gasteiger partial charge in [-0.15, -0.1) is 11.3 Å². The van der Waals surface area contributed by atoms with Crippen molar-refractivity contribution in [3.63, 3.8) is 0 Å². The second-order valence-electron chi connectivity index (χ2n) is 4.93. The number of hydrogen-bond acceptors (Lipinski definition) is 3. The molecule has 2 heterocycles. The summed E-state index contributed by atoms with van der Waals surface area (Å²) in [5.74, 6) is 0. The lowest BCUT2D eigenvalue weighted by molar-refractivity contribution is 0.791. The summed E-state index contributed by atoms with van der Waals surface area (Å²) >= 11 is 7.80. The lowest BCUT2D eigenvalue weighted by atomic mass is 10.2. The predicted octanol–water partition coefficient (Wildman–Crippen LogP) is 5.50. The average molecular weight is 303 g/mol. The van der Waals surface area contributed by atoms with Gasteiger partial charge in [-0.05, 0) is 44.2 Å². The molecule has 0 bridgehead atoms. The van der Waals surface area contributed by atoms with Crippen LogP contribution in [0.5, 0.6) is 0 Å². The molecule has 3 aromatic rings. The summed E-state index contributed by atoms with van der Waals surface area (Å²) < 4.78 is 1.22. The number of fused-ring (bicyclic) bond motifs is 1. The van der Waals surface area contributed by atoms with Crippen LogP contribution in [0.4, 0.5) is 11.4 Å². The average Bonchev–Trinajstić information content (AvgIpc) is 2.83. The van der Waals surface area contributed by atoms with Crippen LogP contribution in [0.2, 0.25) is 5.02 Å². The number of halogens is 1. The number of aromatic nitrogens is 1. The van der Waals surface area contributed by atoms with E-state index in [0.29, 0.717) is 6.04 Å². The van der Waals surface area contributed by atoms with Crippen LogP contribution in [0.1, 0.15) is 13.8 Å². The predicted molar refractivity (Wildman–Crippen MR) is 88.3 cm³/mol. The number of hydrogen-bond donors (Lipinski definition) is 0. The zero-order valence-electron chi connectivity index (χ0n) is 11.4. The van der Waals surface area contributed by atoms with Gasteiger partial charge in [-0.25, -0.2) is 0 Å². The first-order chi connectivity index (χ1) is 9.66. The van der Waals surface area contributed by atoms with Crippen LogP contribution in [0.3, 0.4) is 0 Å². The molecule has 0 aliphatic carbocycles. The van der Waals surface area contributed by atoms with Crippen molar-refractivity contribution in [2.75, 3.05) is 4.90 Å². The standard InChI is InChI=1S/C16H15ClN2S/c1-11(2)19(13-5-7-18-8-6-13)15-10-20-16-9-12(17)3-4-14(15)16/h3-11H,1-2H3. The fourth-order valence-corrected chi connectivity index (χ4v) is 3.61. The second kappa shape index (κ2) is 5.43. The Morgan fingerprint density at radius 3 is 2.60 bits per heavy atom. The van der Waals surface area contributed by atoms with Crippen LogP contribution in [0.25, 0.3) is 10.1 Å². The highest BCUT2D eigenvalue weighted by atomic mass is 35.5. The van der Waals surface area contributed by atoms with Crippen LogP contribution in [-0.4, -0.2) is 11.0 Å². The number of thiophene rings is 1. The van der Waals surface area contributed by atoms with Gasteiger partial charge in [0.25, 0.3) is 0 Å². The Hall–Kier alpha value is -1.58. The van der Waals surface area contributed by atoms with Crippen LogP contribution in [0.15, 0.2) is 48.1 Å². The van der Waals surface area contributed by atoms with E-state index in [2.05, 4.69) is 35.2 Å². The lowest BCUT2D eigenvalue weighted by Gasteiger charge is -2.28. The number of benzene rings is 1. The molecule has 4 heteroatoms. The molecule has 3 rings (SSSR count). The maximum absolute atomic E-state index is 6.07. The van der Waals surface area contributed by atoms with E-state index in [9.17, 15) is 0 Å². The Morgan fingerprint density at radius 2 is 1.90 bits per heavy atom. The molecule has 2 nitrogen and oxygen atoms in total. The Labute approximate surface area is 127 Å². The largest absolute Gasteiger partial charge is 0.338 e.